The van der Waals surface area contributed by atoms with Crippen LogP contribution in [-0.4, -0.2) is 35.8 Å². The summed E-state index contributed by atoms with van der Waals surface area (Å²) < 4.78 is 28.7. The Kier molecular flexibility index (Phi) is 5.89. The average Bonchev–Trinajstić information content (AvgIpc) is 2.89. The Bertz CT molecular complexity index is 901. The van der Waals surface area contributed by atoms with Crippen LogP contribution in [0.4, 0.5) is 14.5 Å². The molecule has 2 aromatic rings. The van der Waals surface area contributed by atoms with Crippen molar-refractivity contribution in [3.63, 3.8) is 0 Å². The molecule has 0 atom stereocenters. The zero-order valence-electron chi connectivity index (χ0n) is 14.5. The van der Waals surface area contributed by atoms with E-state index in [1.807, 2.05) is 0 Å². The number of hydrogen-bond donors (Lipinski definition) is 1. The summed E-state index contributed by atoms with van der Waals surface area (Å²) in [6.45, 7) is -2.89. The van der Waals surface area contributed by atoms with Crippen LogP contribution in [0, 0.1) is 0 Å². The summed E-state index contributed by atoms with van der Waals surface area (Å²) in [5.74, 6) is -1.31. The first-order chi connectivity index (χ1) is 13.4. The lowest BCUT2D eigenvalue weighted by molar-refractivity contribution is -0.116. The number of nitrogens with zero attached hydrogens (tertiary/aromatic N) is 1. The highest BCUT2D eigenvalue weighted by Gasteiger charge is 2.34. The zero-order chi connectivity index (χ0) is 20.3. The molecule has 0 fully saturated rings. The Morgan fingerprint density at radius 3 is 2.32 bits per heavy atom. The summed E-state index contributed by atoms with van der Waals surface area (Å²) in [6, 6.07) is 10.4. The van der Waals surface area contributed by atoms with Gasteiger partial charge in [-0.1, -0.05) is 23.7 Å². The monoisotopic (exact) mass is 408 g/mol. The van der Waals surface area contributed by atoms with Crippen molar-refractivity contribution in [2.24, 2.45) is 0 Å². The molecule has 2 aromatic carbocycles. The number of amides is 3. The van der Waals surface area contributed by atoms with Gasteiger partial charge in [-0.3, -0.25) is 19.3 Å². The minimum Gasteiger partial charge on any atom is -0.433 e. The van der Waals surface area contributed by atoms with Crippen LogP contribution in [0.15, 0.2) is 42.5 Å². The van der Waals surface area contributed by atoms with Crippen molar-refractivity contribution in [1.29, 1.82) is 0 Å². The van der Waals surface area contributed by atoms with Crippen LogP contribution >= 0.6 is 11.6 Å². The Balaban J connectivity index is 1.51. The summed E-state index contributed by atoms with van der Waals surface area (Å²) in [5, 5.41) is 2.51. The van der Waals surface area contributed by atoms with E-state index in [0.29, 0.717) is 16.8 Å². The number of rotatable bonds is 7. The highest BCUT2D eigenvalue weighted by molar-refractivity contribution is 6.32. The van der Waals surface area contributed by atoms with Crippen LogP contribution in [-0.2, 0) is 4.79 Å². The van der Waals surface area contributed by atoms with E-state index in [0.717, 1.165) is 4.90 Å². The maximum Gasteiger partial charge on any atom is 0.387 e. The minimum absolute atomic E-state index is 0.0559. The van der Waals surface area contributed by atoms with E-state index >= 15 is 0 Å². The smallest absolute Gasteiger partial charge is 0.387 e. The van der Waals surface area contributed by atoms with E-state index in [9.17, 15) is 23.2 Å². The van der Waals surface area contributed by atoms with E-state index in [-0.39, 0.29) is 47.9 Å². The summed E-state index contributed by atoms with van der Waals surface area (Å²) in [5.41, 5.74) is 1.03. The lowest BCUT2D eigenvalue weighted by atomic mass is 10.1. The molecule has 0 spiro atoms. The van der Waals surface area contributed by atoms with Crippen LogP contribution in [0.25, 0.3) is 0 Å². The van der Waals surface area contributed by atoms with Crippen molar-refractivity contribution in [2.75, 3.05) is 11.9 Å². The van der Waals surface area contributed by atoms with Gasteiger partial charge in [-0.25, -0.2) is 0 Å². The zero-order valence-corrected chi connectivity index (χ0v) is 15.2. The fourth-order valence-electron chi connectivity index (χ4n) is 2.83. The quantitative estimate of drug-likeness (QED) is 0.704. The van der Waals surface area contributed by atoms with E-state index in [2.05, 4.69) is 10.1 Å². The first-order valence-corrected chi connectivity index (χ1v) is 8.74. The number of ether oxygens (including phenoxy) is 1. The molecule has 0 saturated carbocycles. The lowest BCUT2D eigenvalue weighted by Crippen LogP contribution is -2.31. The van der Waals surface area contributed by atoms with Crippen molar-refractivity contribution in [3.05, 3.63) is 58.6 Å². The number of carbonyl (C=O) groups excluding carboxylic acids is 3. The third-order valence-corrected chi connectivity index (χ3v) is 4.39. The standard InChI is InChI=1S/C19H15ClF2N2O4/c20-14-10-11(7-8-15(14)28-19(21)22)23-16(25)6-3-9-24-17(26)12-4-1-2-5-13(12)18(24)27/h1-2,4-5,7-8,10,19H,3,6,9H2,(H,23,25). The predicted octanol–water partition coefficient (Wildman–Crippen LogP) is 3.96. The number of halogens is 3. The molecule has 1 N–H and O–H groups in total. The first-order valence-electron chi connectivity index (χ1n) is 8.36. The van der Waals surface area contributed by atoms with Crippen LogP contribution in [0.1, 0.15) is 33.6 Å². The van der Waals surface area contributed by atoms with E-state index in [1.54, 1.807) is 24.3 Å². The van der Waals surface area contributed by atoms with Crippen molar-refractivity contribution in [3.8, 4) is 5.75 Å². The van der Waals surface area contributed by atoms with Crippen LogP contribution in [0.3, 0.4) is 0 Å². The Morgan fingerprint density at radius 1 is 1.11 bits per heavy atom. The summed E-state index contributed by atoms with van der Waals surface area (Å²) in [6.07, 6.45) is 0.331. The van der Waals surface area contributed by atoms with Crippen molar-refractivity contribution in [1.82, 2.24) is 4.90 Å². The summed E-state index contributed by atoms with van der Waals surface area (Å²) >= 11 is 5.83. The minimum atomic E-state index is -3.00. The third-order valence-electron chi connectivity index (χ3n) is 4.10. The van der Waals surface area contributed by atoms with Gasteiger partial charge in [0, 0.05) is 18.7 Å². The number of anilines is 1. The van der Waals surface area contributed by atoms with Gasteiger partial charge in [0.25, 0.3) is 11.8 Å². The second-order valence-corrected chi connectivity index (χ2v) is 6.39. The van der Waals surface area contributed by atoms with Gasteiger partial charge in [-0.05, 0) is 36.8 Å². The van der Waals surface area contributed by atoms with Gasteiger partial charge >= 0.3 is 6.61 Å². The normalized spacial score (nSPS) is 13.1. The highest BCUT2D eigenvalue weighted by Crippen LogP contribution is 2.29. The second kappa shape index (κ2) is 8.35. The first kappa shape index (κ1) is 19.8. The number of benzene rings is 2. The molecule has 0 unspecified atom stereocenters. The number of hydrogen-bond acceptors (Lipinski definition) is 4. The number of carbonyl (C=O) groups is 3. The molecule has 146 valence electrons. The third kappa shape index (κ3) is 4.28. The average molecular weight is 409 g/mol. The van der Waals surface area contributed by atoms with Crippen LogP contribution in [0.2, 0.25) is 5.02 Å². The molecule has 0 radical (unpaired) electrons. The van der Waals surface area contributed by atoms with Crippen LogP contribution < -0.4 is 10.1 Å². The molecule has 28 heavy (non-hydrogen) atoms. The SMILES string of the molecule is O=C(CCCN1C(=O)c2ccccc2C1=O)Nc1ccc(OC(F)F)c(Cl)c1. The largest absolute Gasteiger partial charge is 0.433 e. The summed E-state index contributed by atoms with van der Waals surface area (Å²) in [4.78, 5) is 37.7. The fourth-order valence-corrected chi connectivity index (χ4v) is 3.06. The summed E-state index contributed by atoms with van der Waals surface area (Å²) in [7, 11) is 0. The van der Waals surface area contributed by atoms with Gasteiger partial charge in [-0.2, -0.15) is 8.78 Å². The van der Waals surface area contributed by atoms with Gasteiger partial charge in [0.05, 0.1) is 16.1 Å². The molecule has 1 aliphatic rings. The van der Waals surface area contributed by atoms with Crippen LogP contribution in [0.5, 0.6) is 5.75 Å². The molecule has 0 aliphatic carbocycles. The molecule has 0 saturated heterocycles. The molecule has 6 nitrogen and oxygen atoms in total. The number of fused-ring (bicyclic) bond motifs is 1. The van der Waals surface area contributed by atoms with Gasteiger partial charge < -0.3 is 10.1 Å². The lowest BCUT2D eigenvalue weighted by Gasteiger charge is -2.13. The number of imide groups is 1. The van der Waals surface area contributed by atoms with Gasteiger partial charge in [0.15, 0.2) is 0 Å². The number of alkyl halides is 2. The number of nitrogens with one attached hydrogen (secondary N) is 1. The van der Waals surface area contributed by atoms with Gasteiger partial charge in [0.2, 0.25) is 5.91 Å². The topological polar surface area (TPSA) is 75.7 Å². The molecule has 1 aliphatic heterocycles. The molecule has 0 aromatic heterocycles. The van der Waals surface area contributed by atoms with E-state index < -0.39 is 6.61 Å². The van der Waals surface area contributed by atoms with Crippen molar-refractivity contribution < 1.29 is 27.9 Å². The molecule has 0 bridgehead atoms. The van der Waals surface area contributed by atoms with Crippen molar-refractivity contribution in [2.45, 2.75) is 19.5 Å². The maximum absolute atomic E-state index is 12.2. The molecular weight excluding hydrogens is 394 g/mol. The Labute approximate surface area is 164 Å². The highest BCUT2D eigenvalue weighted by atomic mass is 35.5. The van der Waals surface area contributed by atoms with Gasteiger partial charge in [0.1, 0.15) is 5.75 Å². The van der Waals surface area contributed by atoms with E-state index in [1.165, 1.54) is 18.2 Å². The molecular formula is C19H15ClF2N2O4. The van der Waals surface area contributed by atoms with E-state index in [4.69, 9.17) is 11.6 Å². The second-order valence-electron chi connectivity index (χ2n) is 5.98. The molecule has 3 rings (SSSR count). The Hall–Kier alpha value is -3.00. The fraction of sp³-hybridized carbons (Fsp3) is 0.211. The molecule has 9 heteroatoms. The maximum atomic E-state index is 12.2. The Morgan fingerprint density at radius 2 is 1.75 bits per heavy atom. The predicted molar refractivity (Wildman–Crippen MR) is 97.8 cm³/mol. The molecule has 1 heterocycles. The molecule has 3 amide bonds. The van der Waals surface area contributed by atoms with Gasteiger partial charge in [-0.15, -0.1) is 0 Å². The van der Waals surface area contributed by atoms with Crippen molar-refractivity contribution >= 4 is 35.0 Å².